The molecule has 160 valence electrons. The highest BCUT2D eigenvalue weighted by Gasteiger charge is 2.49. The number of nitrogens with zero attached hydrogens (tertiary/aromatic N) is 3. The van der Waals surface area contributed by atoms with E-state index in [-0.39, 0.29) is 41.1 Å². The minimum Gasteiger partial charge on any atom is -0.492 e. The predicted octanol–water partition coefficient (Wildman–Crippen LogP) is 1.15. The van der Waals surface area contributed by atoms with Crippen molar-refractivity contribution in [3.8, 4) is 6.07 Å². The number of rotatable bonds is 4. The van der Waals surface area contributed by atoms with Gasteiger partial charge >= 0.3 is 5.97 Å². The first-order chi connectivity index (χ1) is 14.2. The van der Waals surface area contributed by atoms with E-state index in [1.165, 1.54) is 7.11 Å². The van der Waals surface area contributed by atoms with Crippen LogP contribution in [0.3, 0.4) is 0 Å². The van der Waals surface area contributed by atoms with Gasteiger partial charge in [-0.2, -0.15) is 5.26 Å². The molecule has 0 spiro atoms. The normalized spacial score (nSPS) is 28.1. The fourth-order valence-electron chi connectivity index (χ4n) is 4.54. The van der Waals surface area contributed by atoms with Crippen LogP contribution >= 0.6 is 0 Å². The molecule has 1 aliphatic carbocycles. The number of piperazine rings is 1. The third-order valence-corrected chi connectivity index (χ3v) is 6.13. The van der Waals surface area contributed by atoms with E-state index in [1.54, 1.807) is 26.8 Å². The van der Waals surface area contributed by atoms with Gasteiger partial charge in [0, 0.05) is 41.4 Å². The van der Waals surface area contributed by atoms with Crippen LogP contribution in [0.4, 0.5) is 0 Å². The van der Waals surface area contributed by atoms with Gasteiger partial charge in [0.1, 0.15) is 12.6 Å². The second kappa shape index (κ2) is 8.54. The third-order valence-electron chi connectivity index (χ3n) is 6.13. The van der Waals surface area contributed by atoms with Crippen LogP contribution in [-0.4, -0.2) is 79.3 Å². The molecule has 0 bridgehead atoms. The average Bonchev–Trinajstić information content (AvgIpc) is 2.73. The van der Waals surface area contributed by atoms with Gasteiger partial charge in [0.2, 0.25) is 5.78 Å². The molecule has 3 atom stereocenters. The zero-order valence-corrected chi connectivity index (χ0v) is 18.0. The fraction of sp³-hybridized carbons (Fsp3) is 0.545. The van der Waals surface area contributed by atoms with Crippen LogP contribution in [0.5, 0.6) is 0 Å². The van der Waals surface area contributed by atoms with Gasteiger partial charge in [-0.25, -0.2) is 4.79 Å². The van der Waals surface area contributed by atoms with E-state index >= 15 is 0 Å². The highest BCUT2D eigenvalue weighted by molar-refractivity contribution is 6.25. The molecule has 1 fully saturated rings. The number of Topliss-reactive ketones (excluding diaryl/α,β-unsaturated/α-hetero) is 2. The van der Waals surface area contributed by atoms with Crippen LogP contribution in [0.15, 0.2) is 34.1 Å². The van der Waals surface area contributed by atoms with E-state index in [0.29, 0.717) is 30.7 Å². The van der Waals surface area contributed by atoms with E-state index in [4.69, 9.17) is 9.47 Å². The van der Waals surface area contributed by atoms with Crippen LogP contribution in [-0.2, 0) is 23.9 Å². The van der Waals surface area contributed by atoms with Gasteiger partial charge in [-0.05, 0) is 34.2 Å². The molecular formula is C22H27N3O5. The Hall–Kier alpha value is -2.76. The second-order valence-electron chi connectivity index (χ2n) is 7.97. The van der Waals surface area contributed by atoms with Crippen molar-refractivity contribution in [1.29, 1.82) is 5.26 Å². The molecule has 0 aromatic rings. The molecule has 3 rings (SSSR count). The molecular weight excluding hydrogens is 386 g/mol. The summed E-state index contributed by atoms with van der Waals surface area (Å²) in [6.45, 7) is 6.01. The van der Waals surface area contributed by atoms with Crippen LogP contribution < -0.4 is 0 Å². The molecule has 0 unspecified atom stereocenters. The van der Waals surface area contributed by atoms with Gasteiger partial charge in [-0.15, -0.1) is 0 Å². The Morgan fingerprint density at radius 1 is 1.30 bits per heavy atom. The first-order valence-electron chi connectivity index (χ1n) is 9.98. The molecule has 0 N–H and O–H groups in total. The third kappa shape index (κ3) is 3.59. The Balaban J connectivity index is 2.07. The number of methoxy groups -OCH3 is 1. The van der Waals surface area contributed by atoms with Crippen LogP contribution in [0, 0.1) is 11.3 Å². The number of carbonyl (C=O) groups is 3. The molecule has 0 radical (unpaired) electrons. The summed E-state index contributed by atoms with van der Waals surface area (Å²) < 4.78 is 10.7. The standard InChI is InChI=1S/C22H27N3O5/c1-6-12(2)22(28)30-11-17-18-16(19(26)13(3)21(29-5)20(18)27)7-14-9-24(4)10-15(8-23)25(14)17/h6,14-15,17H,7,9-11H2,1-5H3/b12-6-/t14-,15-,17+/m0/s1. The molecule has 0 saturated carbocycles. The number of esters is 1. The molecule has 3 aliphatic rings. The van der Waals surface area contributed by atoms with Gasteiger partial charge in [-0.3, -0.25) is 14.5 Å². The molecule has 2 heterocycles. The maximum Gasteiger partial charge on any atom is 0.333 e. The maximum atomic E-state index is 13.3. The van der Waals surface area contributed by atoms with E-state index in [0.717, 1.165) is 0 Å². The number of allylic oxidation sites excluding steroid dienone is 3. The first-order valence-corrected chi connectivity index (χ1v) is 9.98. The molecule has 0 amide bonds. The summed E-state index contributed by atoms with van der Waals surface area (Å²) in [4.78, 5) is 42.6. The van der Waals surface area contributed by atoms with Gasteiger partial charge < -0.3 is 14.4 Å². The number of hydrogen-bond donors (Lipinski definition) is 0. The number of hydrogen-bond acceptors (Lipinski definition) is 8. The predicted molar refractivity (Wildman–Crippen MR) is 108 cm³/mol. The van der Waals surface area contributed by atoms with Crippen LogP contribution in [0.1, 0.15) is 27.2 Å². The van der Waals surface area contributed by atoms with Crippen molar-refractivity contribution in [2.75, 3.05) is 33.9 Å². The molecule has 0 aromatic carbocycles. The van der Waals surface area contributed by atoms with E-state index in [2.05, 4.69) is 6.07 Å². The molecule has 0 aromatic heterocycles. The number of nitriles is 1. The zero-order valence-electron chi connectivity index (χ0n) is 18.0. The highest BCUT2D eigenvalue weighted by Crippen LogP contribution is 2.39. The Morgan fingerprint density at radius 2 is 2.00 bits per heavy atom. The van der Waals surface area contributed by atoms with Crippen molar-refractivity contribution < 1.29 is 23.9 Å². The summed E-state index contributed by atoms with van der Waals surface area (Å²) in [7, 11) is 3.29. The lowest BCUT2D eigenvalue weighted by atomic mass is 9.77. The summed E-state index contributed by atoms with van der Waals surface area (Å²) in [5, 5.41) is 9.79. The fourth-order valence-corrected chi connectivity index (χ4v) is 4.54. The largest absolute Gasteiger partial charge is 0.492 e. The quantitative estimate of drug-likeness (QED) is 0.384. The molecule has 8 nitrogen and oxygen atoms in total. The summed E-state index contributed by atoms with van der Waals surface area (Å²) in [5.41, 5.74) is 1.46. The van der Waals surface area contributed by atoms with Crippen molar-refractivity contribution in [2.45, 2.75) is 45.3 Å². The molecule has 30 heavy (non-hydrogen) atoms. The number of carbonyl (C=O) groups excluding carboxylic acids is 3. The first kappa shape index (κ1) is 21.9. The Bertz CT molecular complexity index is 924. The monoisotopic (exact) mass is 413 g/mol. The smallest absolute Gasteiger partial charge is 0.333 e. The number of ketones is 2. The van der Waals surface area contributed by atoms with E-state index < -0.39 is 18.1 Å². The lowest BCUT2D eigenvalue weighted by Gasteiger charge is -2.50. The van der Waals surface area contributed by atoms with Crippen LogP contribution in [0.2, 0.25) is 0 Å². The molecule has 1 saturated heterocycles. The summed E-state index contributed by atoms with van der Waals surface area (Å²) in [6, 6.07) is 1.01. The minimum atomic E-state index is -0.680. The van der Waals surface area contributed by atoms with Crippen molar-refractivity contribution >= 4 is 17.5 Å². The van der Waals surface area contributed by atoms with Crippen LogP contribution in [0.25, 0.3) is 0 Å². The summed E-state index contributed by atoms with van der Waals surface area (Å²) in [5.74, 6) is -1.07. The number of ether oxygens (including phenoxy) is 2. The maximum absolute atomic E-state index is 13.3. The molecule has 2 aliphatic heterocycles. The van der Waals surface area contributed by atoms with E-state index in [9.17, 15) is 19.6 Å². The lowest BCUT2D eigenvalue weighted by molar-refractivity contribution is -0.142. The van der Waals surface area contributed by atoms with Crippen molar-refractivity contribution in [1.82, 2.24) is 9.80 Å². The average molecular weight is 413 g/mol. The van der Waals surface area contributed by atoms with Gasteiger partial charge in [0.25, 0.3) is 0 Å². The highest BCUT2D eigenvalue weighted by atomic mass is 16.5. The molecule has 8 heteroatoms. The SMILES string of the molecule is C/C=C(/C)C(=O)OC[C@@H]1C2=C(C[C@H]3CN(C)C[C@H](C#N)N31)C(=O)C(C)=C(OC)C2=O. The van der Waals surface area contributed by atoms with Crippen molar-refractivity contribution in [3.63, 3.8) is 0 Å². The van der Waals surface area contributed by atoms with Crippen molar-refractivity contribution in [3.05, 3.63) is 34.1 Å². The van der Waals surface area contributed by atoms with E-state index in [1.807, 2.05) is 16.8 Å². The van der Waals surface area contributed by atoms with Gasteiger partial charge in [0.15, 0.2) is 11.5 Å². The Labute approximate surface area is 176 Å². The van der Waals surface area contributed by atoms with Gasteiger partial charge in [0.05, 0.1) is 19.2 Å². The lowest BCUT2D eigenvalue weighted by Crippen LogP contribution is -2.65. The minimum absolute atomic E-state index is 0.0146. The van der Waals surface area contributed by atoms with Crippen molar-refractivity contribution in [2.24, 2.45) is 0 Å². The topological polar surface area (TPSA) is 99.9 Å². The second-order valence-corrected chi connectivity index (χ2v) is 7.97. The summed E-state index contributed by atoms with van der Waals surface area (Å²) in [6.07, 6.45) is 2.02. The van der Waals surface area contributed by atoms with Gasteiger partial charge in [-0.1, -0.05) is 6.08 Å². The Morgan fingerprint density at radius 3 is 2.60 bits per heavy atom. The number of likely N-dealkylation sites (N-methyl/N-ethyl adjacent to an activating group) is 1. The number of fused-ring (bicyclic) bond motifs is 1. The summed E-state index contributed by atoms with van der Waals surface area (Å²) >= 11 is 0. The Kier molecular flexibility index (Phi) is 6.25. The zero-order chi connectivity index (χ0) is 22.2.